The van der Waals surface area contributed by atoms with Crippen molar-refractivity contribution in [2.24, 2.45) is 5.73 Å². The summed E-state index contributed by atoms with van der Waals surface area (Å²) in [4.78, 5) is 6.77. The lowest BCUT2D eigenvalue weighted by molar-refractivity contribution is 0.118. The molecule has 3 unspecified atom stereocenters. The number of hydrogen-bond acceptors (Lipinski definition) is 5. The quantitative estimate of drug-likeness (QED) is 0.876. The van der Waals surface area contributed by atoms with Crippen molar-refractivity contribution in [3.8, 4) is 0 Å². The van der Waals surface area contributed by atoms with Crippen LogP contribution < -0.4 is 10.6 Å². The van der Waals surface area contributed by atoms with Crippen LogP contribution in [-0.2, 0) is 4.74 Å². The van der Waals surface area contributed by atoms with E-state index in [-0.39, 0.29) is 12.1 Å². The van der Waals surface area contributed by atoms with Crippen LogP contribution in [0.5, 0.6) is 0 Å². The lowest BCUT2D eigenvalue weighted by Gasteiger charge is -2.26. The van der Waals surface area contributed by atoms with Crippen LogP contribution in [0, 0.1) is 0 Å². The zero-order chi connectivity index (χ0) is 11.7. The molecule has 0 bridgehead atoms. The maximum atomic E-state index is 5.81. The fourth-order valence-corrected chi connectivity index (χ4v) is 2.97. The Morgan fingerprint density at radius 1 is 1.69 bits per heavy atom. The van der Waals surface area contributed by atoms with Gasteiger partial charge in [-0.1, -0.05) is 0 Å². The number of likely N-dealkylation sites (N-methyl/N-ethyl adjacent to an activating group) is 1. The van der Waals surface area contributed by atoms with Crippen LogP contribution in [0.15, 0.2) is 5.38 Å². The van der Waals surface area contributed by atoms with Gasteiger partial charge in [0.2, 0.25) is 0 Å². The smallest absolute Gasteiger partial charge is 0.185 e. The molecule has 0 aromatic carbocycles. The molecule has 1 aromatic rings. The maximum absolute atomic E-state index is 5.81. The summed E-state index contributed by atoms with van der Waals surface area (Å²) in [5.74, 6) is 0. The lowest BCUT2D eigenvalue weighted by atomic mass is 10.1. The highest BCUT2D eigenvalue weighted by molar-refractivity contribution is 7.13. The summed E-state index contributed by atoms with van der Waals surface area (Å²) in [7, 11) is 2.08. The van der Waals surface area contributed by atoms with Crippen molar-refractivity contribution < 1.29 is 4.74 Å². The van der Waals surface area contributed by atoms with Gasteiger partial charge < -0.3 is 15.4 Å². The number of nitrogens with two attached hydrogens (primary N) is 1. The second-order valence-electron chi connectivity index (χ2n) is 4.39. The molecule has 1 aliphatic rings. The van der Waals surface area contributed by atoms with Gasteiger partial charge in [0.25, 0.3) is 0 Å². The molecular formula is C11H19N3OS. The molecule has 90 valence electrons. The summed E-state index contributed by atoms with van der Waals surface area (Å²) >= 11 is 1.65. The minimum atomic E-state index is 0.00986. The summed E-state index contributed by atoms with van der Waals surface area (Å²) in [5, 5.41) is 3.08. The molecule has 1 aliphatic heterocycles. The molecule has 2 rings (SSSR count). The van der Waals surface area contributed by atoms with Gasteiger partial charge in [-0.25, -0.2) is 4.98 Å². The Hall–Kier alpha value is -0.650. The van der Waals surface area contributed by atoms with Gasteiger partial charge in [-0.3, -0.25) is 0 Å². The monoisotopic (exact) mass is 241 g/mol. The number of hydrogen-bond donors (Lipinski definition) is 1. The lowest BCUT2D eigenvalue weighted by Crippen LogP contribution is -2.36. The first-order valence-corrected chi connectivity index (χ1v) is 6.53. The fraction of sp³-hybridized carbons (Fsp3) is 0.727. The molecule has 1 fully saturated rings. The van der Waals surface area contributed by atoms with E-state index in [2.05, 4.69) is 23.9 Å². The Balaban J connectivity index is 2.10. The van der Waals surface area contributed by atoms with Crippen molar-refractivity contribution in [2.45, 2.75) is 38.5 Å². The van der Waals surface area contributed by atoms with Crippen molar-refractivity contribution in [2.75, 3.05) is 18.6 Å². The average Bonchev–Trinajstić information content (AvgIpc) is 2.84. The molecule has 3 atom stereocenters. The van der Waals surface area contributed by atoms with Gasteiger partial charge in [-0.2, -0.15) is 0 Å². The molecule has 2 N–H and O–H groups in total. The Morgan fingerprint density at radius 2 is 2.44 bits per heavy atom. The van der Waals surface area contributed by atoms with Crippen LogP contribution >= 0.6 is 11.3 Å². The van der Waals surface area contributed by atoms with Crippen molar-refractivity contribution in [1.29, 1.82) is 0 Å². The third-order valence-electron chi connectivity index (χ3n) is 3.11. The second kappa shape index (κ2) is 4.69. The van der Waals surface area contributed by atoms with E-state index in [1.54, 1.807) is 11.3 Å². The normalized spacial score (nSPS) is 27.0. The molecule has 2 heterocycles. The predicted octanol–water partition coefficient (Wildman–Crippen LogP) is 1.78. The number of thiazole rings is 1. The first-order valence-electron chi connectivity index (χ1n) is 5.65. The predicted molar refractivity (Wildman–Crippen MR) is 66.9 cm³/mol. The second-order valence-corrected chi connectivity index (χ2v) is 5.22. The highest BCUT2D eigenvalue weighted by Crippen LogP contribution is 2.28. The fourth-order valence-electron chi connectivity index (χ4n) is 2.02. The minimum absolute atomic E-state index is 0.00986. The molecule has 5 heteroatoms. The first kappa shape index (κ1) is 11.8. The van der Waals surface area contributed by atoms with Gasteiger partial charge in [-0.05, 0) is 20.3 Å². The summed E-state index contributed by atoms with van der Waals surface area (Å²) in [5.41, 5.74) is 6.78. The summed E-state index contributed by atoms with van der Waals surface area (Å²) in [6.07, 6.45) is 1.36. The molecule has 16 heavy (non-hydrogen) atoms. The van der Waals surface area contributed by atoms with Gasteiger partial charge in [0.05, 0.1) is 17.8 Å². The highest BCUT2D eigenvalue weighted by Gasteiger charge is 2.29. The van der Waals surface area contributed by atoms with E-state index in [1.807, 2.05) is 12.3 Å². The molecule has 0 radical (unpaired) electrons. The molecule has 4 nitrogen and oxygen atoms in total. The molecule has 0 aliphatic carbocycles. The van der Waals surface area contributed by atoms with E-state index in [0.717, 1.165) is 23.9 Å². The SMILES string of the molecule is CC(N)c1csc(N(C)C2CCOC2C)n1. The van der Waals surface area contributed by atoms with Crippen molar-refractivity contribution in [3.05, 3.63) is 11.1 Å². The molecule has 0 saturated carbocycles. The van der Waals surface area contributed by atoms with Gasteiger partial charge in [0, 0.05) is 25.1 Å². The van der Waals surface area contributed by atoms with Crippen LogP contribution in [0.1, 0.15) is 32.0 Å². The van der Waals surface area contributed by atoms with Crippen LogP contribution in [0.3, 0.4) is 0 Å². The van der Waals surface area contributed by atoms with Crippen molar-refractivity contribution >= 4 is 16.5 Å². The molecular weight excluding hydrogens is 222 g/mol. The average molecular weight is 241 g/mol. The third kappa shape index (κ3) is 2.21. The van der Waals surface area contributed by atoms with E-state index in [1.165, 1.54) is 0 Å². The topological polar surface area (TPSA) is 51.4 Å². The van der Waals surface area contributed by atoms with Gasteiger partial charge in [0.15, 0.2) is 5.13 Å². The van der Waals surface area contributed by atoms with Crippen LogP contribution in [0.4, 0.5) is 5.13 Å². The molecule has 1 saturated heterocycles. The number of anilines is 1. The Kier molecular flexibility index (Phi) is 3.47. The van der Waals surface area contributed by atoms with Crippen LogP contribution in [0.2, 0.25) is 0 Å². The Labute approximate surface area is 100 Å². The number of nitrogens with zero attached hydrogens (tertiary/aromatic N) is 2. The van der Waals surface area contributed by atoms with E-state index >= 15 is 0 Å². The summed E-state index contributed by atoms with van der Waals surface area (Å²) in [6.45, 7) is 4.93. The Morgan fingerprint density at radius 3 is 2.94 bits per heavy atom. The van der Waals surface area contributed by atoms with Crippen molar-refractivity contribution in [1.82, 2.24) is 4.98 Å². The van der Waals surface area contributed by atoms with E-state index in [4.69, 9.17) is 10.5 Å². The molecule has 0 amide bonds. The zero-order valence-electron chi connectivity index (χ0n) is 10.0. The largest absolute Gasteiger partial charge is 0.376 e. The van der Waals surface area contributed by atoms with Gasteiger partial charge in [-0.15, -0.1) is 11.3 Å². The van der Waals surface area contributed by atoms with Crippen molar-refractivity contribution in [3.63, 3.8) is 0 Å². The van der Waals surface area contributed by atoms with E-state index in [9.17, 15) is 0 Å². The zero-order valence-corrected chi connectivity index (χ0v) is 10.8. The number of aromatic nitrogens is 1. The minimum Gasteiger partial charge on any atom is -0.376 e. The standard InChI is InChI=1S/C11H19N3OS/c1-7(12)9-6-16-11(13-9)14(3)10-4-5-15-8(10)2/h6-8,10H,4-5,12H2,1-3H3. The number of rotatable bonds is 3. The highest BCUT2D eigenvalue weighted by atomic mass is 32.1. The Bertz CT molecular complexity index is 353. The molecule has 1 aromatic heterocycles. The summed E-state index contributed by atoms with van der Waals surface area (Å²) in [6, 6.07) is 0.447. The third-order valence-corrected chi connectivity index (χ3v) is 4.06. The van der Waals surface area contributed by atoms with E-state index in [0.29, 0.717) is 6.04 Å². The summed E-state index contributed by atoms with van der Waals surface area (Å²) < 4.78 is 5.57. The van der Waals surface area contributed by atoms with Crippen LogP contribution in [0.25, 0.3) is 0 Å². The van der Waals surface area contributed by atoms with Gasteiger partial charge >= 0.3 is 0 Å². The first-order chi connectivity index (χ1) is 7.59. The molecule has 0 spiro atoms. The maximum Gasteiger partial charge on any atom is 0.185 e. The van der Waals surface area contributed by atoms with Crippen LogP contribution in [-0.4, -0.2) is 30.8 Å². The van der Waals surface area contributed by atoms with E-state index < -0.39 is 0 Å². The number of ether oxygens (including phenoxy) is 1. The van der Waals surface area contributed by atoms with Gasteiger partial charge in [0.1, 0.15) is 0 Å².